The van der Waals surface area contributed by atoms with E-state index in [1.54, 1.807) is 18.2 Å². The summed E-state index contributed by atoms with van der Waals surface area (Å²) in [5, 5.41) is 14.4. The summed E-state index contributed by atoms with van der Waals surface area (Å²) in [4.78, 5) is 21.1. The van der Waals surface area contributed by atoms with Gasteiger partial charge in [-0.15, -0.1) is 0 Å². The van der Waals surface area contributed by atoms with Crippen LogP contribution in [0, 0.1) is 5.92 Å². The second kappa shape index (κ2) is 11.2. The summed E-state index contributed by atoms with van der Waals surface area (Å²) in [6.07, 6.45) is 13.9. The predicted octanol–water partition coefficient (Wildman–Crippen LogP) is 5.94. The third-order valence-electron chi connectivity index (χ3n) is 6.58. The number of aromatic carboxylic acids is 1. The smallest absolute Gasteiger partial charge is 0.336 e. The second-order valence-electron chi connectivity index (χ2n) is 9.17. The fourth-order valence-electron chi connectivity index (χ4n) is 4.75. The molecule has 6 heteroatoms. The maximum Gasteiger partial charge on any atom is 0.336 e. The molecule has 1 aromatic carbocycles. The molecule has 4 rings (SSSR count). The van der Waals surface area contributed by atoms with Crippen LogP contribution in [-0.2, 0) is 19.4 Å². The molecule has 0 saturated heterocycles. The highest BCUT2D eigenvalue weighted by atomic mass is 16.4. The molecular weight excluding hydrogens is 412 g/mol. The molecule has 1 aliphatic rings. The van der Waals surface area contributed by atoms with Gasteiger partial charge >= 0.3 is 5.97 Å². The van der Waals surface area contributed by atoms with E-state index in [0.717, 1.165) is 36.5 Å². The molecule has 2 aromatic heterocycles. The van der Waals surface area contributed by atoms with Gasteiger partial charge in [0.25, 0.3) is 0 Å². The van der Waals surface area contributed by atoms with E-state index in [1.165, 1.54) is 44.9 Å². The van der Waals surface area contributed by atoms with E-state index in [4.69, 9.17) is 10.1 Å². The highest BCUT2D eigenvalue weighted by Gasteiger charge is 2.18. The van der Waals surface area contributed by atoms with E-state index >= 15 is 0 Å². The normalized spacial score (nSPS) is 14.5. The minimum absolute atomic E-state index is 0.264. The van der Waals surface area contributed by atoms with Gasteiger partial charge in [0.15, 0.2) is 5.82 Å². The van der Waals surface area contributed by atoms with Crippen molar-refractivity contribution in [3.63, 3.8) is 0 Å². The lowest BCUT2D eigenvalue weighted by Gasteiger charge is -2.19. The van der Waals surface area contributed by atoms with Gasteiger partial charge in [-0.05, 0) is 30.0 Å². The number of carboxylic acid groups (broad SMARTS) is 1. The average Bonchev–Trinajstić information content (AvgIpc) is 3.21. The monoisotopic (exact) mass is 446 g/mol. The van der Waals surface area contributed by atoms with Crippen LogP contribution in [0.5, 0.6) is 0 Å². The number of aromatic nitrogens is 4. The standard InChI is InChI=1S/C27H34N4O2/c1-2-3-5-14-26-29-25(17-20-10-6-4-7-11-20)30-31(26)19-21-15-16-24(28-18-21)22-12-8-9-13-23(22)27(32)33/h8-9,12-13,15-16,18,20H,2-7,10-11,14,17,19H2,1H3,(H,32,33). The Labute approximate surface area is 196 Å². The Morgan fingerprint density at radius 3 is 2.64 bits per heavy atom. The van der Waals surface area contributed by atoms with Gasteiger partial charge in [-0.2, -0.15) is 5.10 Å². The zero-order valence-electron chi connectivity index (χ0n) is 19.5. The maximum atomic E-state index is 11.5. The van der Waals surface area contributed by atoms with Gasteiger partial charge in [0.1, 0.15) is 5.82 Å². The molecule has 0 unspecified atom stereocenters. The number of unbranched alkanes of at least 4 members (excludes halogenated alkanes) is 2. The predicted molar refractivity (Wildman–Crippen MR) is 129 cm³/mol. The van der Waals surface area contributed by atoms with Gasteiger partial charge < -0.3 is 5.11 Å². The van der Waals surface area contributed by atoms with Crippen LogP contribution in [-0.4, -0.2) is 30.8 Å². The lowest BCUT2D eigenvalue weighted by Crippen LogP contribution is -2.11. The number of benzene rings is 1. The van der Waals surface area contributed by atoms with Crippen LogP contribution in [0.15, 0.2) is 42.6 Å². The molecule has 1 aliphatic carbocycles. The minimum atomic E-state index is -0.943. The fraction of sp³-hybridized carbons (Fsp3) is 0.481. The molecular formula is C27H34N4O2. The van der Waals surface area contributed by atoms with Crippen molar-refractivity contribution >= 4 is 5.97 Å². The Hall–Kier alpha value is -3.02. The molecule has 1 N–H and O–H groups in total. The van der Waals surface area contributed by atoms with Crippen LogP contribution in [0.4, 0.5) is 0 Å². The first-order chi connectivity index (χ1) is 16.1. The van der Waals surface area contributed by atoms with E-state index in [-0.39, 0.29) is 5.56 Å². The van der Waals surface area contributed by atoms with Crippen molar-refractivity contribution in [2.45, 2.75) is 77.7 Å². The van der Waals surface area contributed by atoms with Crippen LogP contribution < -0.4 is 0 Å². The van der Waals surface area contributed by atoms with Gasteiger partial charge in [0.05, 0.1) is 17.8 Å². The number of hydrogen-bond donors (Lipinski definition) is 1. The van der Waals surface area contributed by atoms with Crippen LogP contribution in [0.25, 0.3) is 11.3 Å². The molecule has 174 valence electrons. The third-order valence-corrected chi connectivity index (χ3v) is 6.58. The first-order valence-electron chi connectivity index (χ1n) is 12.3. The molecule has 33 heavy (non-hydrogen) atoms. The highest BCUT2D eigenvalue weighted by Crippen LogP contribution is 2.26. The van der Waals surface area contributed by atoms with Crippen molar-refractivity contribution in [1.82, 2.24) is 19.7 Å². The van der Waals surface area contributed by atoms with Crippen molar-refractivity contribution in [3.8, 4) is 11.3 Å². The Morgan fingerprint density at radius 2 is 1.91 bits per heavy atom. The number of carboxylic acids is 1. The van der Waals surface area contributed by atoms with Gasteiger partial charge in [-0.3, -0.25) is 4.98 Å². The van der Waals surface area contributed by atoms with Gasteiger partial charge in [-0.1, -0.05) is 76.1 Å². The summed E-state index contributed by atoms with van der Waals surface area (Å²) in [5.41, 5.74) is 2.60. The molecule has 0 bridgehead atoms. The molecule has 0 aliphatic heterocycles. The molecule has 0 amide bonds. The summed E-state index contributed by atoms with van der Waals surface area (Å²) in [6, 6.07) is 10.9. The number of aryl methyl sites for hydroxylation is 1. The van der Waals surface area contributed by atoms with Gasteiger partial charge in [0, 0.05) is 24.6 Å². The summed E-state index contributed by atoms with van der Waals surface area (Å²) in [7, 11) is 0. The molecule has 1 fully saturated rings. The summed E-state index contributed by atoms with van der Waals surface area (Å²) >= 11 is 0. The Balaban J connectivity index is 1.51. The summed E-state index contributed by atoms with van der Waals surface area (Å²) in [5.74, 6) is 1.82. The van der Waals surface area contributed by atoms with E-state index in [9.17, 15) is 9.90 Å². The molecule has 1 saturated carbocycles. The van der Waals surface area contributed by atoms with E-state index < -0.39 is 5.97 Å². The lowest BCUT2D eigenvalue weighted by atomic mass is 9.87. The highest BCUT2D eigenvalue weighted by molar-refractivity contribution is 5.95. The Bertz CT molecular complexity index is 1050. The minimum Gasteiger partial charge on any atom is -0.478 e. The largest absolute Gasteiger partial charge is 0.478 e. The van der Waals surface area contributed by atoms with Crippen molar-refractivity contribution in [2.75, 3.05) is 0 Å². The van der Waals surface area contributed by atoms with E-state index in [2.05, 4.69) is 16.6 Å². The fourth-order valence-corrected chi connectivity index (χ4v) is 4.75. The quantitative estimate of drug-likeness (QED) is 0.390. The topological polar surface area (TPSA) is 80.9 Å². The Kier molecular flexibility index (Phi) is 7.87. The Morgan fingerprint density at radius 1 is 1.09 bits per heavy atom. The number of nitrogens with zero attached hydrogens (tertiary/aromatic N) is 4. The van der Waals surface area contributed by atoms with Crippen molar-refractivity contribution in [2.24, 2.45) is 5.92 Å². The molecule has 2 heterocycles. The average molecular weight is 447 g/mol. The van der Waals surface area contributed by atoms with Crippen LogP contribution in [0.2, 0.25) is 0 Å². The van der Waals surface area contributed by atoms with Crippen LogP contribution in [0.3, 0.4) is 0 Å². The first kappa shape index (κ1) is 23.1. The SMILES string of the molecule is CCCCCc1nc(CC2CCCCC2)nn1Cc1ccc(-c2ccccc2C(=O)O)nc1. The maximum absolute atomic E-state index is 11.5. The number of hydrogen-bond acceptors (Lipinski definition) is 4. The molecule has 0 spiro atoms. The van der Waals surface area contributed by atoms with Crippen LogP contribution in [0.1, 0.15) is 85.9 Å². The molecule has 6 nitrogen and oxygen atoms in total. The first-order valence-corrected chi connectivity index (χ1v) is 12.3. The number of pyridine rings is 1. The van der Waals surface area contributed by atoms with Crippen molar-refractivity contribution in [1.29, 1.82) is 0 Å². The molecule has 3 aromatic rings. The number of rotatable bonds is 10. The summed E-state index contributed by atoms with van der Waals surface area (Å²) in [6.45, 7) is 2.85. The van der Waals surface area contributed by atoms with E-state index in [1.807, 2.05) is 24.4 Å². The zero-order valence-corrected chi connectivity index (χ0v) is 19.5. The second-order valence-corrected chi connectivity index (χ2v) is 9.17. The zero-order chi connectivity index (χ0) is 23.0. The van der Waals surface area contributed by atoms with Gasteiger partial charge in [0.2, 0.25) is 0 Å². The van der Waals surface area contributed by atoms with Crippen molar-refractivity contribution in [3.05, 3.63) is 65.4 Å². The van der Waals surface area contributed by atoms with E-state index in [0.29, 0.717) is 23.7 Å². The lowest BCUT2D eigenvalue weighted by molar-refractivity contribution is 0.0697. The van der Waals surface area contributed by atoms with Gasteiger partial charge in [-0.25, -0.2) is 14.5 Å². The molecule has 0 atom stereocenters. The number of carbonyl (C=O) groups is 1. The third kappa shape index (κ3) is 6.06. The van der Waals surface area contributed by atoms with Crippen LogP contribution >= 0.6 is 0 Å². The summed E-state index contributed by atoms with van der Waals surface area (Å²) < 4.78 is 2.05. The van der Waals surface area contributed by atoms with Crippen molar-refractivity contribution < 1.29 is 9.90 Å². The molecule has 0 radical (unpaired) electrons.